The van der Waals surface area contributed by atoms with Gasteiger partial charge in [0.25, 0.3) is 5.24 Å². The van der Waals surface area contributed by atoms with Gasteiger partial charge >= 0.3 is 0 Å². The molecule has 1 rings (SSSR count). The van der Waals surface area contributed by atoms with Crippen LogP contribution in [0.3, 0.4) is 0 Å². The average Bonchev–Trinajstić information content (AvgIpc) is 1.90. The zero-order valence-electron chi connectivity index (χ0n) is 4.47. The van der Waals surface area contributed by atoms with Crippen LogP contribution in [0.15, 0.2) is 21.8 Å². The Balaban J connectivity index is 2.84. The fourth-order valence-corrected chi connectivity index (χ4v) is 2.27. The summed E-state index contributed by atoms with van der Waals surface area (Å²) < 4.78 is 3.98. The summed E-state index contributed by atoms with van der Waals surface area (Å²) in [5.41, 5.74) is 0.645. The first-order valence-corrected chi connectivity index (χ1v) is 5.19. The number of hydrogen-bond acceptors (Lipinski definition) is 1. The third-order valence-corrected chi connectivity index (χ3v) is 2.91. The molecule has 0 atom stereocenters. The van der Waals surface area contributed by atoms with E-state index in [1.807, 2.05) is 10.2 Å². The topological polar surface area (TPSA) is 17.1 Å². The minimum atomic E-state index is -0.348. The van der Waals surface area contributed by atoms with E-state index < -0.39 is 0 Å². The standard InChI is InChI=1S/C6H4ClIO/c7-6(9)5-2-1-3-8-4-5/h1-4H. The number of halogens is 2. The van der Waals surface area contributed by atoms with Gasteiger partial charge in [-0.2, -0.15) is 0 Å². The monoisotopic (exact) mass is 254 g/mol. The largest absolute Gasteiger partial charge is 0.276 e. The Kier molecular flexibility index (Phi) is 2.60. The van der Waals surface area contributed by atoms with Crippen molar-refractivity contribution in [2.75, 3.05) is 0 Å². The van der Waals surface area contributed by atoms with E-state index in [0.717, 1.165) is 0 Å². The Bertz CT molecular complexity index is 215. The zero-order valence-corrected chi connectivity index (χ0v) is 7.39. The second-order valence-electron chi connectivity index (χ2n) is 1.45. The van der Waals surface area contributed by atoms with Crippen LogP contribution < -0.4 is 0 Å². The van der Waals surface area contributed by atoms with Gasteiger partial charge in [0.05, 0.1) is 0 Å². The molecule has 0 saturated carbocycles. The van der Waals surface area contributed by atoms with Crippen LogP contribution in [0.5, 0.6) is 0 Å². The third-order valence-electron chi connectivity index (χ3n) is 0.829. The van der Waals surface area contributed by atoms with E-state index >= 15 is 0 Å². The normalized spacial score (nSPS) is 16.3. The molecule has 0 aromatic heterocycles. The van der Waals surface area contributed by atoms with Crippen LogP contribution in [0.2, 0.25) is 0 Å². The van der Waals surface area contributed by atoms with E-state index in [0.29, 0.717) is 5.57 Å². The van der Waals surface area contributed by atoms with Crippen molar-refractivity contribution in [2.24, 2.45) is 0 Å². The first-order valence-electron chi connectivity index (χ1n) is 2.32. The van der Waals surface area contributed by atoms with E-state index in [2.05, 4.69) is 4.01 Å². The molecule has 3 heteroatoms. The van der Waals surface area contributed by atoms with Crippen molar-refractivity contribution in [3.05, 3.63) is 21.8 Å². The summed E-state index contributed by atoms with van der Waals surface area (Å²) in [6.45, 7) is 0. The Morgan fingerprint density at radius 3 is 2.78 bits per heavy atom. The van der Waals surface area contributed by atoms with Gasteiger partial charge in [0, 0.05) is 5.57 Å². The Morgan fingerprint density at radius 2 is 2.44 bits per heavy atom. The van der Waals surface area contributed by atoms with Crippen molar-refractivity contribution in [3.8, 4) is 0 Å². The van der Waals surface area contributed by atoms with E-state index in [4.69, 9.17) is 11.6 Å². The maximum absolute atomic E-state index is 10.4. The van der Waals surface area contributed by atoms with E-state index in [1.165, 1.54) is 0 Å². The minimum absolute atomic E-state index is 0.0382. The summed E-state index contributed by atoms with van der Waals surface area (Å²) in [6, 6.07) is 0. The maximum Gasteiger partial charge on any atom is 0.252 e. The molecule has 0 radical (unpaired) electrons. The van der Waals surface area contributed by atoms with Crippen LogP contribution in [0, 0.1) is 0 Å². The predicted molar refractivity (Wildman–Crippen MR) is 48.2 cm³/mol. The summed E-state index contributed by atoms with van der Waals surface area (Å²) >= 11 is 5.16. The van der Waals surface area contributed by atoms with Crippen LogP contribution in [-0.2, 0) is 4.79 Å². The molecule has 0 N–H and O–H groups in total. The van der Waals surface area contributed by atoms with Crippen molar-refractivity contribution in [1.29, 1.82) is 0 Å². The minimum Gasteiger partial charge on any atom is -0.276 e. The van der Waals surface area contributed by atoms with Gasteiger partial charge in [-0.05, 0) is 25.8 Å². The lowest BCUT2D eigenvalue weighted by Gasteiger charge is -1.92. The maximum atomic E-state index is 10.4. The fourth-order valence-electron chi connectivity index (χ4n) is 0.431. The van der Waals surface area contributed by atoms with Gasteiger partial charge in [-0.15, -0.1) is 0 Å². The van der Waals surface area contributed by atoms with Crippen molar-refractivity contribution < 1.29 is 4.79 Å². The van der Waals surface area contributed by atoms with Crippen molar-refractivity contribution >= 4 is 41.6 Å². The highest BCUT2D eigenvalue weighted by atomic mass is 127. The molecule has 0 bridgehead atoms. The molecule has 0 saturated heterocycles. The lowest BCUT2D eigenvalue weighted by Crippen LogP contribution is -1.88. The van der Waals surface area contributed by atoms with Crippen LogP contribution in [0.4, 0.5) is 0 Å². The van der Waals surface area contributed by atoms with Crippen LogP contribution in [-0.4, -0.2) is 9.25 Å². The lowest BCUT2D eigenvalue weighted by atomic mass is 10.3. The second-order valence-corrected chi connectivity index (χ2v) is 3.85. The molecule has 0 amide bonds. The second kappa shape index (κ2) is 3.27. The quantitative estimate of drug-likeness (QED) is 0.516. The van der Waals surface area contributed by atoms with Gasteiger partial charge in [-0.25, -0.2) is 0 Å². The van der Waals surface area contributed by atoms with E-state index in [9.17, 15) is 4.79 Å². The smallest absolute Gasteiger partial charge is 0.252 e. The summed E-state index contributed by atoms with van der Waals surface area (Å²) in [5.74, 6) is 0. The van der Waals surface area contributed by atoms with Gasteiger partial charge in [0.15, 0.2) is 0 Å². The number of rotatable bonds is 1. The fraction of sp³-hybridized carbons (Fsp3) is 0. The van der Waals surface area contributed by atoms with Crippen molar-refractivity contribution in [2.45, 2.75) is 0 Å². The summed E-state index contributed by atoms with van der Waals surface area (Å²) in [5, 5.41) is -0.348. The highest BCUT2D eigenvalue weighted by molar-refractivity contribution is 14.2. The van der Waals surface area contributed by atoms with E-state index in [-0.39, 0.29) is 26.0 Å². The molecule has 0 fully saturated rings. The first kappa shape index (κ1) is 7.15. The molecule has 1 aliphatic rings. The molecule has 1 heterocycles. The molecule has 9 heavy (non-hydrogen) atoms. The number of carbonyl (C=O) groups excluding carboxylic acids is 1. The Hall–Kier alpha value is 0.0400. The molecule has 48 valence electrons. The SMILES string of the molecule is O=C(Cl)C1=CI=CC=C1. The van der Waals surface area contributed by atoms with Crippen LogP contribution in [0.1, 0.15) is 0 Å². The summed E-state index contributed by atoms with van der Waals surface area (Å²) in [4.78, 5) is 10.4. The predicted octanol–water partition coefficient (Wildman–Crippen LogP) is 1.98. The Labute approximate surface area is 68.1 Å². The molecule has 0 aromatic carbocycles. The van der Waals surface area contributed by atoms with Gasteiger partial charge in [0.2, 0.25) is 0 Å². The van der Waals surface area contributed by atoms with Gasteiger partial charge in [0.1, 0.15) is 0 Å². The molecule has 0 aliphatic carbocycles. The number of carbonyl (C=O) groups is 1. The van der Waals surface area contributed by atoms with Gasteiger partial charge < -0.3 is 0 Å². The summed E-state index contributed by atoms with van der Waals surface area (Å²) in [6.07, 6.45) is 3.61. The average molecular weight is 254 g/mol. The van der Waals surface area contributed by atoms with Gasteiger partial charge in [-0.1, -0.05) is 26.8 Å². The molecular formula is C6H4ClIO. The summed E-state index contributed by atoms with van der Waals surface area (Å²) in [7, 11) is 0. The van der Waals surface area contributed by atoms with Crippen LogP contribution in [0.25, 0.3) is 0 Å². The Morgan fingerprint density at radius 1 is 1.67 bits per heavy atom. The van der Waals surface area contributed by atoms with Crippen molar-refractivity contribution in [1.82, 2.24) is 0 Å². The lowest BCUT2D eigenvalue weighted by molar-refractivity contribution is -0.108. The molecule has 1 nitrogen and oxygen atoms in total. The third kappa shape index (κ3) is 2.02. The molecule has 0 unspecified atom stereocenters. The molecule has 0 spiro atoms. The molecular weight excluding hydrogens is 250 g/mol. The van der Waals surface area contributed by atoms with Crippen molar-refractivity contribution in [3.63, 3.8) is 0 Å². The van der Waals surface area contributed by atoms with Gasteiger partial charge in [-0.3, -0.25) is 4.79 Å². The number of allylic oxidation sites excluding steroid dienone is 3. The van der Waals surface area contributed by atoms with Crippen LogP contribution >= 0.6 is 32.3 Å². The van der Waals surface area contributed by atoms with E-state index in [1.54, 1.807) is 6.08 Å². The highest BCUT2D eigenvalue weighted by Gasteiger charge is 2.00. The molecule has 1 aliphatic heterocycles. The highest BCUT2D eigenvalue weighted by Crippen LogP contribution is 2.13. The first-order chi connectivity index (χ1) is 4.30. The molecule has 0 aromatic rings. The number of hydrogen-bond donors (Lipinski definition) is 0. The zero-order chi connectivity index (χ0) is 6.69.